The number of rotatable bonds is 5. The largest absolute Gasteiger partial charge is 0.455 e. The highest BCUT2D eigenvalue weighted by Gasteiger charge is 2.04. The van der Waals surface area contributed by atoms with Crippen LogP contribution in [0, 0.1) is 0 Å². The lowest BCUT2D eigenvalue weighted by molar-refractivity contribution is -0.120. The van der Waals surface area contributed by atoms with Crippen LogP contribution in [0.5, 0.6) is 0 Å². The van der Waals surface area contributed by atoms with Crippen molar-refractivity contribution in [3.8, 4) is 11.3 Å². The first-order chi connectivity index (χ1) is 11.2. The Hall–Kier alpha value is -2.37. The zero-order chi connectivity index (χ0) is 16.1. The van der Waals surface area contributed by atoms with Crippen molar-refractivity contribution in [1.82, 2.24) is 5.43 Å². The Balaban J connectivity index is 1.58. The van der Waals surface area contributed by atoms with E-state index < -0.39 is 0 Å². The van der Waals surface area contributed by atoms with E-state index in [0.717, 1.165) is 10.4 Å². The lowest BCUT2D eigenvalue weighted by Crippen LogP contribution is -2.19. The number of hydrogen-bond acceptors (Lipinski definition) is 4. The van der Waals surface area contributed by atoms with Crippen molar-refractivity contribution in [1.29, 1.82) is 0 Å². The second-order valence-electron chi connectivity index (χ2n) is 4.76. The van der Waals surface area contributed by atoms with Crippen molar-refractivity contribution < 1.29 is 9.21 Å². The molecule has 0 aliphatic carbocycles. The lowest BCUT2D eigenvalue weighted by atomic mass is 10.2. The van der Waals surface area contributed by atoms with Crippen molar-refractivity contribution in [2.24, 2.45) is 5.10 Å². The van der Waals surface area contributed by atoms with Gasteiger partial charge in [-0.1, -0.05) is 17.7 Å². The Morgan fingerprint density at radius 2 is 2.04 bits per heavy atom. The lowest BCUT2D eigenvalue weighted by Gasteiger charge is -1.97. The highest BCUT2D eigenvalue weighted by molar-refractivity contribution is 7.10. The SMILES string of the molecule is O=C(Cc1cccs1)N/N=C/c1ccc(-c2ccc(Cl)cc2)o1. The molecule has 1 N–H and O–H groups in total. The Morgan fingerprint density at radius 3 is 2.78 bits per heavy atom. The molecule has 6 heteroatoms. The van der Waals surface area contributed by atoms with Gasteiger partial charge in [-0.3, -0.25) is 4.79 Å². The summed E-state index contributed by atoms with van der Waals surface area (Å²) in [6.45, 7) is 0. The minimum Gasteiger partial charge on any atom is -0.455 e. The van der Waals surface area contributed by atoms with Crippen LogP contribution in [-0.2, 0) is 11.2 Å². The molecule has 0 bridgehead atoms. The molecule has 0 aliphatic rings. The number of thiophene rings is 1. The molecule has 0 spiro atoms. The molecule has 3 rings (SSSR count). The average molecular weight is 345 g/mol. The van der Waals surface area contributed by atoms with E-state index in [9.17, 15) is 4.79 Å². The second kappa shape index (κ2) is 7.26. The van der Waals surface area contributed by atoms with E-state index in [-0.39, 0.29) is 5.91 Å². The normalized spacial score (nSPS) is 11.0. The smallest absolute Gasteiger partial charge is 0.245 e. The molecule has 23 heavy (non-hydrogen) atoms. The van der Waals surface area contributed by atoms with Gasteiger partial charge < -0.3 is 4.42 Å². The van der Waals surface area contributed by atoms with Crippen LogP contribution in [0.2, 0.25) is 5.02 Å². The molecule has 4 nitrogen and oxygen atoms in total. The molecule has 0 unspecified atom stereocenters. The van der Waals surface area contributed by atoms with Crippen LogP contribution in [-0.4, -0.2) is 12.1 Å². The van der Waals surface area contributed by atoms with E-state index in [4.69, 9.17) is 16.0 Å². The maximum atomic E-state index is 11.7. The van der Waals surface area contributed by atoms with E-state index >= 15 is 0 Å². The first-order valence-electron chi connectivity index (χ1n) is 6.91. The molecule has 0 atom stereocenters. The van der Waals surface area contributed by atoms with E-state index in [1.807, 2.05) is 35.7 Å². The number of halogens is 1. The number of nitrogens with zero attached hydrogens (tertiary/aromatic N) is 1. The molecule has 1 aromatic carbocycles. The summed E-state index contributed by atoms with van der Waals surface area (Å²) in [5.41, 5.74) is 3.41. The third-order valence-electron chi connectivity index (χ3n) is 3.05. The Kier molecular flexibility index (Phi) is 4.90. The third-order valence-corrected chi connectivity index (χ3v) is 4.18. The van der Waals surface area contributed by atoms with Crippen molar-refractivity contribution >= 4 is 35.1 Å². The van der Waals surface area contributed by atoms with Gasteiger partial charge in [0.25, 0.3) is 0 Å². The molecule has 1 amide bonds. The van der Waals surface area contributed by atoms with E-state index in [2.05, 4.69) is 10.5 Å². The number of furan rings is 1. The summed E-state index contributed by atoms with van der Waals surface area (Å²) in [7, 11) is 0. The zero-order valence-corrected chi connectivity index (χ0v) is 13.6. The molecule has 116 valence electrons. The van der Waals surface area contributed by atoms with Crippen LogP contribution < -0.4 is 5.43 Å². The highest BCUT2D eigenvalue weighted by Crippen LogP contribution is 2.23. The number of carbonyl (C=O) groups excluding carboxylic acids is 1. The van der Waals surface area contributed by atoms with Crippen LogP contribution in [0.3, 0.4) is 0 Å². The van der Waals surface area contributed by atoms with Crippen LogP contribution in [0.4, 0.5) is 0 Å². The van der Waals surface area contributed by atoms with Gasteiger partial charge in [0.1, 0.15) is 11.5 Å². The van der Waals surface area contributed by atoms with Crippen molar-refractivity contribution in [3.05, 3.63) is 69.6 Å². The van der Waals surface area contributed by atoms with Crippen molar-refractivity contribution in [2.75, 3.05) is 0 Å². The van der Waals surface area contributed by atoms with E-state index in [1.54, 1.807) is 29.5 Å². The van der Waals surface area contributed by atoms with Gasteiger partial charge in [0.2, 0.25) is 5.91 Å². The van der Waals surface area contributed by atoms with E-state index in [0.29, 0.717) is 23.0 Å². The van der Waals surface area contributed by atoms with Gasteiger partial charge >= 0.3 is 0 Å². The fourth-order valence-corrected chi connectivity index (χ4v) is 2.80. The molecule has 0 saturated heterocycles. The second-order valence-corrected chi connectivity index (χ2v) is 6.23. The van der Waals surface area contributed by atoms with Gasteiger partial charge in [-0.25, -0.2) is 5.43 Å². The molecular weight excluding hydrogens is 332 g/mol. The topological polar surface area (TPSA) is 54.6 Å². The number of amides is 1. The summed E-state index contributed by atoms with van der Waals surface area (Å²) < 4.78 is 5.66. The number of hydrazone groups is 1. The van der Waals surface area contributed by atoms with Gasteiger partial charge in [-0.05, 0) is 47.8 Å². The fourth-order valence-electron chi connectivity index (χ4n) is 1.97. The van der Waals surface area contributed by atoms with Gasteiger partial charge in [0, 0.05) is 15.5 Å². The summed E-state index contributed by atoms with van der Waals surface area (Å²) in [6.07, 6.45) is 1.80. The third kappa shape index (κ3) is 4.31. The quantitative estimate of drug-likeness (QED) is 0.552. The van der Waals surface area contributed by atoms with Gasteiger partial charge in [0.15, 0.2) is 0 Å². The van der Waals surface area contributed by atoms with Crippen molar-refractivity contribution in [3.63, 3.8) is 0 Å². The van der Waals surface area contributed by atoms with E-state index in [1.165, 1.54) is 6.21 Å². The van der Waals surface area contributed by atoms with Crippen LogP contribution >= 0.6 is 22.9 Å². The van der Waals surface area contributed by atoms with Gasteiger partial charge in [-0.2, -0.15) is 5.10 Å². The van der Waals surface area contributed by atoms with Crippen molar-refractivity contribution in [2.45, 2.75) is 6.42 Å². The summed E-state index contributed by atoms with van der Waals surface area (Å²) >= 11 is 7.40. The van der Waals surface area contributed by atoms with Crippen LogP contribution in [0.25, 0.3) is 11.3 Å². The molecule has 3 aromatic rings. The summed E-state index contributed by atoms with van der Waals surface area (Å²) in [5.74, 6) is 1.12. The minimum atomic E-state index is -0.159. The Bertz CT molecular complexity index is 808. The first-order valence-corrected chi connectivity index (χ1v) is 8.16. The molecule has 2 heterocycles. The monoisotopic (exact) mass is 344 g/mol. The maximum absolute atomic E-state index is 11.7. The summed E-state index contributed by atoms with van der Waals surface area (Å²) in [5, 5.41) is 6.52. The fraction of sp³-hybridized carbons (Fsp3) is 0.0588. The Morgan fingerprint density at radius 1 is 1.22 bits per heavy atom. The number of carbonyl (C=O) groups is 1. The molecule has 0 radical (unpaired) electrons. The highest BCUT2D eigenvalue weighted by atomic mass is 35.5. The molecule has 0 saturated carbocycles. The minimum absolute atomic E-state index is 0.159. The van der Waals surface area contributed by atoms with Gasteiger partial charge in [-0.15, -0.1) is 11.3 Å². The number of nitrogens with one attached hydrogen (secondary N) is 1. The molecule has 2 aromatic heterocycles. The first kappa shape index (κ1) is 15.5. The molecule has 0 aliphatic heterocycles. The molecular formula is C17H13ClN2O2S. The van der Waals surface area contributed by atoms with Crippen LogP contribution in [0.1, 0.15) is 10.6 Å². The van der Waals surface area contributed by atoms with Gasteiger partial charge in [0.05, 0.1) is 12.6 Å². The standard InChI is InChI=1S/C17H13ClN2O2S/c18-13-5-3-12(4-6-13)16-8-7-14(22-16)11-19-20-17(21)10-15-2-1-9-23-15/h1-9,11H,10H2,(H,20,21)/b19-11+. The molecule has 0 fully saturated rings. The van der Waals surface area contributed by atoms with Crippen LogP contribution in [0.15, 0.2) is 63.4 Å². The maximum Gasteiger partial charge on any atom is 0.245 e. The average Bonchev–Trinajstić information content (AvgIpc) is 3.20. The number of benzene rings is 1. The zero-order valence-electron chi connectivity index (χ0n) is 12.0. The summed E-state index contributed by atoms with van der Waals surface area (Å²) in [6, 6.07) is 14.8. The predicted molar refractivity (Wildman–Crippen MR) is 92.9 cm³/mol. The number of hydrogen-bond donors (Lipinski definition) is 1. The summed E-state index contributed by atoms with van der Waals surface area (Å²) in [4.78, 5) is 12.7. The predicted octanol–water partition coefficient (Wildman–Crippen LogP) is 4.35. The Labute approximate surface area is 142 Å².